The maximum atomic E-state index is 13.6. The molecule has 3 heterocycles. The van der Waals surface area contributed by atoms with Crippen molar-refractivity contribution in [3.8, 4) is 11.5 Å². The number of carbonyl (C=O) groups is 1. The highest BCUT2D eigenvalue weighted by Crippen LogP contribution is 2.36. The molecule has 1 aromatic carbocycles. The van der Waals surface area contributed by atoms with Gasteiger partial charge in [-0.05, 0) is 51.7 Å². The molecular weight excluding hydrogens is 548 g/mol. The normalized spacial score (nSPS) is 26.9. The third-order valence-electron chi connectivity index (χ3n) is 7.93. The van der Waals surface area contributed by atoms with E-state index in [2.05, 4.69) is 29.0 Å². The zero-order valence-electron chi connectivity index (χ0n) is 26.5. The Labute approximate surface area is 255 Å². The van der Waals surface area contributed by atoms with Crippen LogP contribution in [0, 0.1) is 11.8 Å². The van der Waals surface area contributed by atoms with E-state index in [9.17, 15) is 4.79 Å². The van der Waals surface area contributed by atoms with Crippen molar-refractivity contribution in [2.24, 2.45) is 11.8 Å². The number of aromatic amines is 1. The van der Waals surface area contributed by atoms with Crippen LogP contribution in [0.15, 0.2) is 42.8 Å². The Morgan fingerprint density at radius 2 is 1.81 bits per heavy atom. The van der Waals surface area contributed by atoms with Crippen molar-refractivity contribution in [1.82, 2.24) is 9.97 Å². The van der Waals surface area contributed by atoms with Gasteiger partial charge in [0.05, 0.1) is 18.8 Å². The molecule has 1 unspecified atom stereocenters. The second-order valence-electron chi connectivity index (χ2n) is 12.0. The Morgan fingerprint density at radius 3 is 2.58 bits per heavy atom. The van der Waals surface area contributed by atoms with Crippen LogP contribution in [-0.4, -0.2) is 60.5 Å². The number of H-pyrrole nitrogens is 1. The summed E-state index contributed by atoms with van der Waals surface area (Å²) >= 11 is 0. The van der Waals surface area contributed by atoms with E-state index in [4.69, 9.17) is 28.4 Å². The molecule has 1 saturated heterocycles. The molecule has 236 valence electrons. The summed E-state index contributed by atoms with van der Waals surface area (Å²) in [6.45, 7) is 10.5. The van der Waals surface area contributed by atoms with Crippen molar-refractivity contribution in [2.75, 3.05) is 20.5 Å². The minimum absolute atomic E-state index is 0.00727. The maximum absolute atomic E-state index is 13.6. The molecule has 2 aromatic rings. The highest BCUT2D eigenvalue weighted by atomic mass is 16.8. The average Bonchev–Trinajstić information content (AvgIpc) is 3.60. The minimum Gasteiger partial charge on any atom is -0.493 e. The lowest BCUT2D eigenvalue weighted by Gasteiger charge is -2.23. The molecule has 0 radical (unpaired) electrons. The van der Waals surface area contributed by atoms with E-state index in [0.717, 1.165) is 37.9 Å². The molecule has 4 rings (SSSR count). The molecule has 1 aromatic heterocycles. The number of hydrogen-bond acceptors (Lipinski definition) is 8. The molecule has 2 aliphatic heterocycles. The van der Waals surface area contributed by atoms with Crippen LogP contribution >= 0.6 is 0 Å². The lowest BCUT2D eigenvalue weighted by atomic mass is 9.94. The smallest absolute Gasteiger partial charge is 0.342 e. The highest BCUT2D eigenvalue weighted by molar-refractivity contribution is 5.97. The number of unbranched alkanes of at least 4 members (excludes halogenated alkanes) is 3. The molecular formula is C34H48N2O7. The lowest BCUT2D eigenvalue weighted by Crippen LogP contribution is -2.29. The van der Waals surface area contributed by atoms with Crippen molar-refractivity contribution >= 4 is 12.0 Å². The van der Waals surface area contributed by atoms with Gasteiger partial charge in [-0.25, -0.2) is 9.78 Å². The summed E-state index contributed by atoms with van der Waals surface area (Å²) in [5.41, 5.74) is 0.995. The van der Waals surface area contributed by atoms with Crippen molar-refractivity contribution in [2.45, 2.75) is 97.2 Å². The minimum atomic E-state index is -0.671. The zero-order chi connectivity index (χ0) is 30.8. The molecule has 0 spiro atoms. The van der Waals surface area contributed by atoms with Gasteiger partial charge in [-0.1, -0.05) is 51.0 Å². The number of carbonyl (C=O) groups excluding carboxylic acids is 1. The van der Waals surface area contributed by atoms with Gasteiger partial charge in [-0.15, -0.1) is 0 Å². The summed E-state index contributed by atoms with van der Waals surface area (Å²) in [6.07, 6.45) is 16.9. The summed E-state index contributed by atoms with van der Waals surface area (Å²) in [5, 5.41) is 0. The van der Waals surface area contributed by atoms with Crippen LogP contribution in [0.5, 0.6) is 11.5 Å². The zero-order valence-corrected chi connectivity index (χ0v) is 26.5. The van der Waals surface area contributed by atoms with E-state index >= 15 is 0 Å². The predicted octanol–water partition coefficient (Wildman–Crippen LogP) is 6.89. The standard InChI is InChI=1S/C34H48N2O7/c1-23-15-16-24(2)32-28(42-34(4,5)43-32)13-11-12-26-20-27(39-19-10-8-7-9-14-30-35-17-18-36-30)21-29(40-22-38-6)31(26)33(37)41-25(23)3/h11-12,15-18,20-21,23-25,28,32H,7-10,13-14,19,22H2,1-6H3,(H,35,36)/b12-11+,16-15-/t23-,24?,25+,28+,32-/m1/s1. The van der Waals surface area contributed by atoms with Crippen molar-refractivity contribution in [3.05, 3.63) is 59.7 Å². The predicted molar refractivity (Wildman–Crippen MR) is 165 cm³/mol. The van der Waals surface area contributed by atoms with Crippen molar-refractivity contribution < 1.29 is 33.2 Å². The summed E-state index contributed by atoms with van der Waals surface area (Å²) in [5.74, 6) is 1.00. The Hall–Kier alpha value is -3.14. The second kappa shape index (κ2) is 15.5. The number of aromatic nitrogens is 2. The molecule has 0 saturated carbocycles. The van der Waals surface area contributed by atoms with Gasteiger partial charge in [-0.2, -0.15) is 0 Å². The molecule has 2 aliphatic rings. The number of fused-ring (bicyclic) bond motifs is 2. The SMILES string of the molecule is COCOc1cc(OCCCCCCc2ncc[nH]2)cc2c1C(=O)O[C@@H](C)[C@H](C)/C=C\C(C)[C@H]1OC(C)(C)O[C@H]1C/C=C/2. The van der Waals surface area contributed by atoms with Gasteiger partial charge < -0.3 is 33.4 Å². The number of aryl methyl sites for hydroxylation is 1. The molecule has 1 fully saturated rings. The first-order chi connectivity index (χ1) is 20.7. The summed E-state index contributed by atoms with van der Waals surface area (Å²) in [4.78, 5) is 21.0. The fourth-order valence-corrected chi connectivity index (χ4v) is 5.42. The van der Waals surface area contributed by atoms with Gasteiger partial charge >= 0.3 is 5.97 Å². The quantitative estimate of drug-likeness (QED) is 0.130. The molecule has 9 nitrogen and oxygen atoms in total. The Balaban J connectivity index is 1.54. The fourth-order valence-electron chi connectivity index (χ4n) is 5.42. The number of nitrogens with zero attached hydrogens (tertiary/aromatic N) is 1. The first-order valence-electron chi connectivity index (χ1n) is 15.5. The molecule has 5 atom stereocenters. The number of esters is 1. The molecule has 43 heavy (non-hydrogen) atoms. The third-order valence-corrected chi connectivity index (χ3v) is 7.93. The first kappa shape index (κ1) is 32.8. The second-order valence-corrected chi connectivity index (χ2v) is 12.0. The van der Waals surface area contributed by atoms with Crippen LogP contribution in [0.3, 0.4) is 0 Å². The van der Waals surface area contributed by atoms with Crippen LogP contribution in [0.2, 0.25) is 0 Å². The van der Waals surface area contributed by atoms with Gasteiger partial charge in [0.25, 0.3) is 0 Å². The molecule has 1 N–H and O–H groups in total. The number of rotatable bonds is 11. The highest BCUT2D eigenvalue weighted by Gasteiger charge is 2.42. The van der Waals surface area contributed by atoms with Crippen molar-refractivity contribution in [3.63, 3.8) is 0 Å². The fraction of sp³-hybridized carbons (Fsp3) is 0.588. The van der Waals surface area contributed by atoms with E-state index in [0.29, 0.717) is 35.7 Å². The number of methoxy groups -OCH3 is 1. The van der Waals surface area contributed by atoms with Gasteiger partial charge in [-0.3, -0.25) is 0 Å². The maximum Gasteiger partial charge on any atom is 0.342 e. The number of nitrogens with one attached hydrogen (secondary N) is 1. The van der Waals surface area contributed by atoms with E-state index in [-0.39, 0.29) is 36.9 Å². The average molecular weight is 597 g/mol. The molecule has 0 amide bonds. The van der Waals surface area contributed by atoms with Crippen LogP contribution in [-0.2, 0) is 25.4 Å². The van der Waals surface area contributed by atoms with E-state index in [1.54, 1.807) is 19.4 Å². The third kappa shape index (κ3) is 9.42. The van der Waals surface area contributed by atoms with Crippen molar-refractivity contribution in [1.29, 1.82) is 0 Å². The van der Waals surface area contributed by atoms with Gasteiger partial charge in [0, 0.05) is 43.8 Å². The topological polar surface area (TPSA) is 101 Å². The van der Waals surface area contributed by atoms with E-state index < -0.39 is 11.8 Å². The Kier molecular flexibility index (Phi) is 11.8. The number of imidazole rings is 1. The molecule has 0 bridgehead atoms. The summed E-state index contributed by atoms with van der Waals surface area (Å²) in [6, 6.07) is 3.62. The number of hydrogen-bond donors (Lipinski definition) is 1. The lowest BCUT2D eigenvalue weighted by molar-refractivity contribution is -0.148. The van der Waals surface area contributed by atoms with E-state index in [1.807, 2.05) is 52.1 Å². The Morgan fingerprint density at radius 1 is 1.02 bits per heavy atom. The van der Waals surface area contributed by atoms with E-state index in [1.165, 1.54) is 0 Å². The first-order valence-corrected chi connectivity index (χ1v) is 15.5. The molecule has 9 heteroatoms. The largest absolute Gasteiger partial charge is 0.493 e. The van der Waals surface area contributed by atoms with Crippen LogP contribution in [0.4, 0.5) is 0 Å². The summed E-state index contributed by atoms with van der Waals surface area (Å²) < 4.78 is 35.8. The van der Waals surface area contributed by atoms with Crippen LogP contribution in [0.1, 0.15) is 88.5 Å². The Bertz CT molecular complexity index is 1220. The number of benzene rings is 1. The van der Waals surface area contributed by atoms with Crippen LogP contribution in [0.25, 0.3) is 6.08 Å². The monoisotopic (exact) mass is 596 g/mol. The van der Waals surface area contributed by atoms with Gasteiger partial charge in [0.2, 0.25) is 0 Å². The van der Waals surface area contributed by atoms with Gasteiger partial charge in [0.15, 0.2) is 12.6 Å². The van der Waals surface area contributed by atoms with Gasteiger partial charge in [0.1, 0.15) is 29.0 Å². The molecule has 0 aliphatic carbocycles. The number of cyclic esters (lactones) is 1. The number of ether oxygens (including phenoxy) is 6. The van der Waals surface area contributed by atoms with Crippen LogP contribution < -0.4 is 9.47 Å². The summed E-state index contributed by atoms with van der Waals surface area (Å²) in [7, 11) is 1.54.